The van der Waals surface area contributed by atoms with Crippen LogP contribution in [0.3, 0.4) is 0 Å². The van der Waals surface area contributed by atoms with Crippen molar-refractivity contribution in [1.82, 2.24) is 5.32 Å². The Hall–Kier alpha value is -0.770. The Labute approximate surface area is 73.2 Å². The zero-order valence-corrected chi connectivity index (χ0v) is 7.75. The van der Waals surface area contributed by atoms with Crippen LogP contribution in [0.1, 0.15) is 26.7 Å². The van der Waals surface area contributed by atoms with Crippen LogP contribution in [0.25, 0.3) is 0 Å². The third kappa shape index (κ3) is 3.57. The highest BCUT2D eigenvalue weighted by Crippen LogP contribution is 2.01. The third-order valence-electron chi connectivity index (χ3n) is 1.63. The number of nitrogens with one attached hydrogen (secondary N) is 1. The zero-order chi connectivity index (χ0) is 8.81. The Morgan fingerprint density at radius 2 is 2.33 bits per heavy atom. The fourth-order valence-electron chi connectivity index (χ4n) is 1.02. The molecule has 0 amide bonds. The summed E-state index contributed by atoms with van der Waals surface area (Å²) in [6.45, 7) is 5.86. The highest BCUT2D eigenvalue weighted by molar-refractivity contribution is 5.83. The number of rotatable bonds is 5. The average Bonchev–Trinajstić information content (AvgIpc) is 2.49. The second-order valence-corrected chi connectivity index (χ2v) is 3.17. The van der Waals surface area contributed by atoms with Crippen LogP contribution in [0.5, 0.6) is 0 Å². The van der Waals surface area contributed by atoms with E-state index >= 15 is 0 Å². The number of hydrogen-bond acceptors (Lipinski definition) is 4. The molecule has 0 fully saturated rings. The molecular formula is C8H16N4. The van der Waals surface area contributed by atoms with Crippen LogP contribution < -0.4 is 5.32 Å². The SMILES string of the molecule is CC(C)NCCCC1=NCN=N1. The van der Waals surface area contributed by atoms with Crippen LogP contribution in [0, 0.1) is 0 Å². The average molecular weight is 168 g/mol. The van der Waals surface area contributed by atoms with Crippen LogP contribution in [0.15, 0.2) is 15.2 Å². The van der Waals surface area contributed by atoms with E-state index in [4.69, 9.17) is 0 Å². The van der Waals surface area contributed by atoms with Crippen LogP contribution >= 0.6 is 0 Å². The van der Waals surface area contributed by atoms with Gasteiger partial charge in [0.25, 0.3) is 0 Å². The molecule has 68 valence electrons. The first-order chi connectivity index (χ1) is 5.79. The van der Waals surface area contributed by atoms with Crippen molar-refractivity contribution in [1.29, 1.82) is 0 Å². The summed E-state index contributed by atoms with van der Waals surface area (Å²) in [6, 6.07) is 0.567. The van der Waals surface area contributed by atoms with Crippen molar-refractivity contribution in [3.05, 3.63) is 0 Å². The van der Waals surface area contributed by atoms with E-state index in [-0.39, 0.29) is 0 Å². The molecule has 0 spiro atoms. The predicted octanol–water partition coefficient (Wildman–Crippen LogP) is 1.59. The van der Waals surface area contributed by atoms with E-state index in [0.29, 0.717) is 12.7 Å². The lowest BCUT2D eigenvalue weighted by Gasteiger charge is -2.06. The minimum absolute atomic E-state index is 0.535. The monoisotopic (exact) mass is 168 g/mol. The van der Waals surface area contributed by atoms with Gasteiger partial charge in [0.1, 0.15) is 5.84 Å². The Morgan fingerprint density at radius 1 is 1.50 bits per heavy atom. The quantitative estimate of drug-likeness (QED) is 0.622. The van der Waals surface area contributed by atoms with Gasteiger partial charge in [-0.2, -0.15) is 5.11 Å². The first kappa shape index (κ1) is 9.32. The molecule has 0 aromatic carbocycles. The Kier molecular flexibility index (Phi) is 3.87. The molecule has 1 heterocycles. The third-order valence-corrected chi connectivity index (χ3v) is 1.63. The van der Waals surface area contributed by atoms with Gasteiger partial charge in [-0.15, -0.1) is 5.11 Å². The molecule has 1 rings (SSSR count). The highest BCUT2D eigenvalue weighted by atomic mass is 15.2. The molecular weight excluding hydrogens is 152 g/mol. The second kappa shape index (κ2) is 4.98. The maximum atomic E-state index is 4.11. The van der Waals surface area contributed by atoms with Crippen LogP contribution in [-0.4, -0.2) is 25.1 Å². The lowest BCUT2D eigenvalue weighted by Crippen LogP contribution is -2.23. The van der Waals surface area contributed by atoms with E-state index in [2.05, 4.69) is 34.4 Å². The van der Waals surface area contributed by atoms with Crippen LogP contribution in [0.2, 0.25) is 0 Å². The molecule has 0 aromatic heterocycles. The summed E-state index contributed by atoms with van der Waals surface area (Å²) in [6.07, 6.45) is 2.04. The molecule has 0 atom stereocenters. The molecule has 1 aliphatic rings. The van der Waals surface area contributed by atoms with Crippen LogP contribution in [-0.2, 0) is 0 Å². The summed E-state index contributed by atoms with van der Waals surface area (Å²) in [5.74, 6) is 0.903. The molecule has 12 heavy (non-hydrogen) atoms. The molecule has 0 bridgehead atoms. The summed E-state index contributed by atoms with van der Waals surface area (Å²) in [4.78, 5) is 4.11. The van der Waals surface area contributed by atoms with E-state index in [1.807, 2.05) is 0 Å². The molecule has 0 aliphatic carbocycles. The largest absolute Gasteiger partial charge is 0.315 e. The van der Waals surface area contributed by atoms with Crippen molar-refractivity contribution in [3.63, 3.8) is 0 Å². The maximum absolute atomic E-state index is 4.11. The van der Waals surface area contributed by atoms with Crippen LogP contribution in [0.4, 0.5) is 0 Å². The smallest absolute Gasteiger partial charge is 0.152 e. The summed E-state index contributed by atoms with van der Waals surface area (Å²) >= 11 is 0. The number of amidine groups is 1. The summed E-state index contributed by atoms with van der Waals surface area (Å²) in [7, 11) is 0. The number of azo groups is 1. The number of nitrogens with zero attached hydrogens (tertiary/aromatic N) is 3. The molecule has 0 aromatic rings. The number of aliphatic imine (C=N–C) groups is 1. The van der Waals surface area contributed by atoms with Crippen molar-refractivity contribution < 1.29 is 0 Å². The minimum Gasteiger partial charge on any atom is -0.315 e. The fraction of sp³-hybridized carbons (Fsp3) is 0.875. The van der Waals surface area contributed by atoms with Gasteiger partial charge < -0.3 is 5.32 Å². The number of hydrogen-bond donors (Lipinski definition) is 1. The highest BCUT2D eigenvalue weighted by Gasteiger charge is 2.01. The van der Waals surface area contributed by atoms with Gasteiger partial charge in [0.05, 0.1) is 0 Å². The Bertz CT molecular complexity index is 183. The Balaban J connectivity index is 1.99. The van der Waals surface area contributed by atoms with Crippen molar-refractivity contribution in [2.45, 2.75) is 32.7 Å². The van der Waals surface area contributed by atoms with Crippen molar-refractivity contribution in [2.24, 2.45) is 15.2 Å². The zero-order valence-electron chi connectivity index (χ0n) is 7.75. The first-order valence-corrected chi connectivity index (χ1v) is 4.43. The summed E-state index contributed by atoms with van der Waals surface area (Å²) in [5.41, 5.74) is 0. The molecule has 1 aliphatic heterocycles. The second-order valence-electron chi connectivity index (χ2n) is 3.17. The molecule has 0 saturated heterocycles. The lowest BCUT2D eigenvalue weighted by atomic mass is 10.3. The topological polar surface area (TPSA) is 49.1 Å². The van der Waals surface area contributed by atoms with Gasteiger partial charge in [0.15, 0.2) is 6.67 Å². The Morgan fingerprint density at radius 3 is 2.92 bits per heavy atom. The molecule has 4 heteroatoms. The van der Waals surface area contributed by atoms with Crippen molar-refractivity contribution in [2.75, 3.05) is 13.2 Å². The van der Waals surface area contributed by atoms with Gasteiger partial charge in [-0.3, -0.25) is 0 Å². The maximum Gasteiger partial charge on any atom is 0.152 e. The van der Waals surface area contributed by atoms with E-state index in [0.717, 1.165) is 25.2 Å². The normalized spacial score (nSPS) is 15.8. The van der Waals surface area contributed by atoms with Crippen molar-refractivity contribution >= 4 is 5.84 Å². The van der Waals surface area contributed by atoms with E-state index < -0.39 is 0 Å². The van der Waals surface area contributed by atoms with Crippen molar-refractivity contribution in [3.8, 4) is 0 Å². The predicted molar refractivity (Wildman–Crippen MR) is 49.5 cm³/mol. The van der Waals surface area contributed by atoms with E-state index in [9.17, 15) is 0 Å². The first-order valence-electron chi connectivity index (χ1n) is 4.43. The van der Waals surface area contributed by atoms with Gasteiger partial charge in [-0.05, 0) is 13.0 Å². The molecule has 1 N–H and O–H groups in total. The standard InChI is InChI=1S/C8H16N4/c1-7(2)9-5-3-4-8-10-6-11-12-8/h7,9H,3-6H2,1-2H3. The van der Waals surface area contributed by atoms with Gasteiger partial charge in [-0.25, -0.2) is 4.99 Å². The van der Waals surface area contributed by atoms with Gasteiger partial charge in [-0.1, -0.05) is 13.8 Å². The summed E-state index contributed by atoms with van der Waals surface area (Å²) < 4.78 is 0. The van der Waals surface area contributed by atoms with Gasteiger partial charge >= 0.3 is 0 Å². The van der Waals surface area contributed by atoms with Gasteiger partial charge in [0, 0.05) is 12.5 Å². The molecule has 0 saturated carbocycles. The minimum atomic E-state index is 0.535. The van der Waals surface area contributed by atoms with E-state index in [1.165, 1.54) is 0 Å². The summed E-state index contributed by atoms with van der Waals surface area (Å²) in [5, 5.41) is 11.0. The molecule has 0 radical (unpaired) electrons. The fourth-order valence-corrected chi connectivity index (χ4v) is 1.02. The molecule has 4 nitrogen and oxygen atoms in total. The molecule has 0 unspecified atom stereocenters. The van der Waals surface area contributed by atoms with Gasteiger partial charge in [0.2, 0.25) is 0 Å². The van der Waals surface area contributed by atoms with E-state index in [1.54, 1.807) is 0 Å². The lowest BCUT2D eigenvalue weighted by molar-refractivity contribution is 0.576.